The number of ether oxygens (including phenoxy) is 1. The number of fused-ring (bicyclic) bond motifs is 1. The Balaban J connectivity index is 2.35. The van der Waals surface area contributed by atoms with E-state index >= 15 is 0 Å². The average Bonchev–Trinajstić information content (AvgIpc) is 2.29. The molecule has 0 saturated carbocycles. The quantitative estimate of drug-likeness (QED) is 0.821. The predicted octanol–water partition coefficient (Wildman–Crippen LogP) is 2.34. The molecule has 82 valence electrons. The molecule has 0 amide bonds. The van der Waals surface area contributed by atoms with Crippen molar-refractivity contribution in [3.8, 4) is 5.75 Å². The van der Waals surface area contributed by atoms with Gasteiger partial charge >= 0.3 is 0 Å². The molecule has 2 rings (SSSR count). The van der Waals surface area contributed by atoms with E-state index in [0.29, 0.717) is 0 Å². The lowest BCUT2D eigenvalue weighted by Crippen LogP contribution is -2.33. The van der Waals surface area contributed by atoms with Crippen molar-refractivity contribution in [1.29, 1.82) is 0 Å². The van der Waals surface area contributed by atoms with Crippen LogP contribution in [-0.4, -0.2) is 26.7 Å². The summed E-state index contributed by atoms with van der Waals surface area (Å²) in [6, 6.07) is 6.25. The molecule has 3 heteroatoms. The second kappa shape index (κ2) is 4.43. The Hall–Kier alpha value is -1.38. The van der Waals surface area contributed by atoms with Gasteiger partial charge in [0.05, 0.1) is 17.9 Å². The standard InChI is InChI=1S/C12H18N2O/c1-3-7-14-8-9-15-12-10(13-2)5-4-6-11(12)14/h4-6,13H,3,7-9H2,1-2H3. The van der Waals surface area contributed by atoms with Crippen LogP contribution >= 0.6 is 0 Å². The van der Waals surface area contributed by atoms with Gasteiger partial charge < -0.3 is 15.0 Å². The van der Waals surface area contributed by atoms with Gasteiger partial charge in [0.1, 0.15) is 6.61 Å². The van der Waals surface area contributed by atoms with Crippen LogP contribution in [0.1, 0.15) is 13.3 Å². The van der Waals surface area contributed by atoms with Gasteiger partial charge in [-0.05, 0) is 18.6 Å². The van der Waals surface area contributed by atoms with Crippen molar-refractivity contribution in [2.24, 2.45) is 0 Å². The first-order valence-electron chi connectivity index (χ1n) is 5.55. The molecule has 1 heterocycles. The van der Waals surface area contributed by atoms with E-state index in [1.165, 1.54) is 12.1 Å². The summed E-state index contributed by atoms with van der Waals surface area (Å²) in [5, 5.41) is 3.17. The van der Waals surface area contributed by atoms with Crippen molar-refractivity contribution in [1.82, 2.24) is 0 Å². The van der Waals surface area contributed by atoms with Gasteiger partial charge in [-0.25, -0.2) is 0 Å². The Morgan fingerprint density at radius 1 is 1.47 bits per heavy atom. The van der Waals surface area contributed by atoms with Gasteiger partial charge in [0.2, 0.25) is 0 Å². The van der Waals surface area contributed by atoms with Crippen molar-refractivity contribution in [3.05, 3.63) is 18.2 Å². The second-order valence-electron chi connectivity index (χ2n) is 3.74. The van der Waals surface area contributed by atoms with Gasteiger partial charge in [-0.2, -0.15) is 0 Å². The van der Waals surface area contributed by atoms with Crippen LogP contribution in [-0.2, 0) is 0 Å². The summed E-state index contributed by atoms with van der Waals surface area (Å²) < 4.78 is 5.72. The molecule has 0 unspecified atom stereocenters. The molecular weight excluding hydrogens is 188 g/mol. The second-order valence-corrected chi connectivity index (χ2v) is 3.74. The van der Waals surface area contributed by atoms with Crippen molar-refractivity contribution >= 4 is 11.4 Å². The maximum Gasteiger partial charge on any atom is 0.165 e. The van der Waals surface area contributed by atoms with Crippen LogP contribution in [0.5, 0.6) is 5.75 Å². The zero-order chi connectivity index (χ0) is 10.7. The molecule has 15 heavy (non-hydrogen) atoms. The monoisotopic (exact) mass is 206 g/mol. The van der Waals surface area contributed by atoms with E-state index in [2.05, 4.69) is 29.3 Å². The third-order valence-corrected chi connectivity index (χ3v) is 2.71. The van der Waals surface area contributed by atoms with Crippen molar-refractivity contribution in [2.45, 2.75) is 13.3 Å². The molecule has 1 aliphatic rings. The predicted molar refractivity (Wildman–Crippen MR) is 64.0 cm³/mol. The molecule has 0 saturated heterocycles. The molecule has 3 nitrogen and oxygen atoms in total. The third kappa shape index (κ3) is 1.87. The molecule has 1 aromatic rings. The van der Waals surface area contributed by atoms with Crippen molar-refractivity contribution in [2.75, 3.05) is 37.0 Å². The highest BCUT2D eigenvalue weighted by molar-refractivity contribution is 5.72. The smallest absolute Gasteiger partial charge is 0.165 e. The molecule has 0 aromatic heterocycles. The molecule has 0 bridgehead atoms. The fraction of sp³-hybridized carbons (Fsp3) is 0.500. The zero-order valence-electron chi connectivity index (χ0n) is 9.42. The molecule has 0 spiro atoms. The summed E-state index contributed by atoms with van der Waals surface area (Å²) in [5.74, 6) is 1.000. The van der Waals surface area contributed by atoms with Crippen LogP contribution in [0.4, 0.5) is 11.4 Å². The number of nitrogens with one attached hydrogen (secondary N) is 1. The molecule has 0 fully saturated rings. The summed E-state index contributed by atoms with van der Waals surface area (Å²) in [6.07, 6.45) is 1.17. The normalized spacial score (nSPS) is 14.4. The summed E-state index contributed by atoms with van der Waals surface area (Å²) in [7, 11) is 1.93. The van der Waals surface area contributed by atoms with E-state index in [1.807, 2.05) is 13.1 Å². The van der Waals surface area contributed by atoms with E-state index in [-0.39, 0.29) is 0 Å². The minimum Gasteiger partial charge on any atom is -0.487 e. The lowest BCUT2D eigenvalue weighted by molar-refractivity contribution is 0.309. The van der Waals surface area contributed by atoms with Gasteiger partial charge in [-0.1, -0.05) is 13.0 Å². The Bertz CT molecular complexity index is 338. The molecular formula is C12H18N2O. The fourth-order valence-corrected chi connectivity index (χ4v) is 2.00. The first-order valence-corrected chi connectivity index (χ1v) is 5.55. The van der Waals surface area contributed by atoms with Gasteiger partial charge in [-0.15, -0.1) is 0 Å². The minimum absolute atomic E-state index is 0.783. The number of para-hydroxylation sites is 1. The lowest BCUT2D eigenvalue weighted by Gasteiger charge is -2.32. The van der Waals surface area contributed by atoms with E-state index in [4.69, 9.17) is 4.74 Å². The number of nitrogens with zero attached hydrogens (tertiary/aromatic N) is 1. The largest absolute Gasteiger partial charge is 0.487 e. The molecule has 1 N–H and O–H groups in total. The van der Waals surface area contributed by atoms with Gasteiger partial charge in [-0.3, -0.25) is 0 Å². The average molecular weight is 206 g/mol. The third-order valence-electron chi connectivity index (χ3n) is 2.71. The fourth-order valence-electron chi connectivity index (χ4n) is 2.00. The van der Waals surface area contributed by atoms with Crippen LogP contribution in [0.2, 0.25) is 0 Å². The molecule has 0 aliphatic carbocycles. The van der Waals surface area contributed by atoms with Crippen molar-refractivity contribution in [3.63, 3.8) is 0 Å². The van der Waals surface area contributed by atoms with Crippen LogP contribution in [0.25, 0.3) is 0 Å². The molecule has 1 aliphatic heterocycles. The molecule has 0 atom stereocenters. The summed E-state index contributed by atoms with van der Waals surface area (Å²) in [4.78, 5) is 2.39. The van der Waals surface area contributed by atoms with Crippen LogP contribution < -0.4 is 15.0 Å². The zero-order valence-corrected chi connectivity index (χ0v) is 9.42. The maximum absolute atomic E-state index is 5.72. The number of rotatable bonds is 3. The number of hydrogen-bond donors (Lipinski definition) is 1. The van der Waals surface area contributed by atoms with Crippen LogP contribution in [0, 0.1) is 0 Å². The van der Waals surface area contributed by atoms with Gasteiger partial charge in [0, 0.05) is 13.6 Å². The first-order chi connectivity index (χ1) is 7.36. The lowest BCUT2D eigenvalue weighted by atomic mass is 10.2. The van der Waals surface area contributed by atoms with Crippen LogP contribution in [0.3, 0.4) is 0 Å². The highest BCUT2D eigenvalue weighted by Gasteiger charge is 2.19. The summed E-state index contributed by atoms with van der Waals surface area (Å²) in [6.45, 7) is 5.08. The number of hydrogen-bond acceptors (Lipinski definition) is 3. The van der Waals surface area contributed by atoms with E-state index in [9.17, 15) is 0 Å². The highest BCUT2D eigenvalue weighted by Crippen LogP contribution is 2.37. The summed E-state index contributed by atoms with van der Waals surface area (Å²) >= 11 is 0. The maximum atomic E-state index is 5.72. The van der Waals surface area contributed by atoms with E-state index in [1.54, 1.807) is 0 Å². The van der Waals surface area contributed by atoms with E-state index in [0.717, 1.165) is 31.1 Å². The number of anilines is 2. The van der Waals surface area contributed by atoms with Crippen LogP contribution in [0.15, 0.2) is 18.2 Å². The Kier molecular flexibility index (Phi) is 2.99. The van der Waals surface area contributed by atoms with Gasteiger partial charge in [0.25, 0.3) is 0 Å². The van der Waals surface area contributed by atoms with E-state index < -0.39 is 0 Å². The highest BCUT2D eigenvalue weighted by atomic mass is 16.5. The topological polar surface area (TPSA) is 24.5 Å². The Labute approximate surface area is 91.0 Å². The minimum atomic E-state index is 0.783. The Morgan fingerprint density at radius 2 is 2.33 bits per heavy atom. The first kappa shape index (κ1) is 10.1. The number of benzene rings is 1. The Morgan fingerprint density at radius 3 is 3.07 bits per heavy atom. The molecule has 1 aromatic carbocycles. The molecule has 0 radical (unpaired) electrons. The summed E-state index contributed by atoms with van der Waals surface area (Å²) in [5.41, 5.74) is 2.29. The SMILES string of the molecule is CCCN1CCOc2c(NC)cccc21. The van der Waals surface area contributed by atoms with Crippen molar-refractivity contribution < 1.29 is 4.74 Å². The van der Waals surface area contributed by atoms with Gasteiger partial charge in [0.15, 0.2) is 5.75 Å².